The summed E-state index contributed by atoms with van der Waals surface area (Å²) in [6.07, 6.45) is 2.67. The molecule has 2 aromatic rings. The topological polar surface area (TPSA) is 49.4 Å². The molecule has 0 aromatic heterocycles. The molecule has 0 aliphatic carbocycles. The number of rotatable bonds is 4. The Morgan fingerprint density at radius 2 is 2.04 bits per heavy atom. The monoisotopic (exact) mass is 400 g/mol. The number of amides is 2. The number of nitrogens with zero attached hydrogens (tertiary/aromatic N) is 1. The maximum absolute atomic E-state index is 12.8. The van der Waals surface area contributed by atoms with Gasteiger partial charge in [-0.3, -0.25) is 9.59 Å². The van der Waals surface area contributed by atoms with Crippen molar-refractivity contribution in [3.63, 3.8) is 0 Å². The molecule has 0 fully saturated rings. The largest absolute Gasteiger partial charge is 0.350 e. The number of carbonyl (C=O) groups is 2. The van der Waals surface area contributed by atoms with Crippen LogP contribution in [0.3, 0.4) is 0 Å². The number of nitrogens with one attached hydrogen (secondary N) is 1. The lowest BCUT2D eigenvalue weighted by Gasteiger charge is -2.27. The lowest BCUT2D eigenvalue weighted by atomic mass is 10.1. The highest BCUT2D eigenvalue weighted by molar-refractivity contribution is 8.04. The fourth-order valence-corrected chi connectivity index (χ4v) is 3.95. The molecule has 4 nitrogen and oxygen atoms in total. The minimum absolute atomic E-state index is 0.104. The van der Waals surface area contributed by atoms with Gasteiger partial charge in [-0.15, -0.1) is 0 Å². The summed E-state index contributed by atoms with van der Waals surface area (Å²) in [5.41, 5.74) is 2.09. The van der Waals surface area contributed by atoms with E-state index in [1.165, 1.54) is 11.8 Å². The zero-order valence-electron chi connectivity index (χ0n) is 15.5. The molecular weight excluding hydrogens is 380 g/mol. The summed E-state index contributed by atoms with van der Waals surface area (Å²) in [5, 5.41) is 3.55. The summed E-state index contributed by atoms with van der Waals surface area (Å²) in [7, 11) is 1.72. The molecular formula is C21H21ClN2O2S. The van der Waals surface area contributed by atoms with Crippen molar-refractivity contribution in [1.29, 1.82) is 0 Å². The molecule has 0 radical (unpaired) electrons. The van der Waals surface area contributed by atoms with Crippen LogP contribution in [-0.2, 0) is 4.79 Å². The minimum atomic E-state index is -0.129. The molecule has 0 unspecified atom stereocenters. The average molecular weight is 401 g/mol. The number of benzene rings is 2. The fraction of sp³-hybridized carbons (Fsp3) is 0.238. The van der Waals surface area contributed by atoms with Gasteiger partial charge in [0.2, 0.25) is 0 Å². The summed E-state index contributed by atoms with van der Waals surface area (Å²) in [6, 6.07) is 13.0. The van der Waals surface area contributed by atoms with Gasteiger partial charge in [0.15, 0.2) is 0 Å². The van der Waals surface area contributed by atoms with Crippen LogP contribution in [0.1, 0.15) is 36.2 Å². The van der Waals surface area contributed by atoms with Crippen LogP contribution in [0.2, 0.25) is 5.02 Å². The van der Waals surface area contributed by atoms with Crippen LogP contribution >= 0.6 is 23.4 Å². The molecule has 2 aromatic carbocycles. The van der Waals surface area contributed by atoms with E-state index in [2.05, 4.69) is 5.32 Å². The summed E-state index contributed by atoms with van der Waals surface area (Å²) in [4.78, 5) is 28.3. The third-order valence-corrected chi connectivity index (χ3v) is 5.92. The highest BCUT2D eigenvalue weighted by Crippen LogP contribution is 2.42. The van der Waals surface area contributed by atoms with Gasteiger partial charge in [-0.05, 0) is 49.2 Å². The Morgan fingerprint density at radius 3 is 2.74 bits per heavy atom. The first-order chi connectivity index (χ1) is 12.9. The quantitative estimate of drug-likeness (QED) is 0.736. The third kappa shape index (κ3) is 4.20. The van der Waals surface area contributed by atoms with E-state index in [1.807, 2.05) is 38.1 Å². The van der Waals surface area contributed by atoms with Crippen LogP contribution in [0.25, 0.3) is 6.08 Å². The van der Waals surface area contributed by atoms with Gasteiger partial charge in [0.25, 0.3) is 11.8 Å². The van der Waals surface area contributed by atoms with Crippen molar-refractivity contribution >= 4 is 46.9 Å². The molecule has 0 saturated carbocycles. The first-order valence-electron chi connectivity index (χ1n) is 8.77. The molecule has 1 aliphatic heterocycles. The van der Waals surface area contributed by atoms with Gasteiger partial charge in [-0.2, -0.15) is 0 Å². The van der Waals surface area contributed by atoms with Gasteiger partial charge in [-0.1, -0.05) is 48.5 Å². The zero-order valence-corrected chi connectivity index (χ0v) is 17.0. The van der Waals surface area contributed by atoms with Gasteiger partial charge in [0.05, 0.1) is 10.6 Å². The molecule has 6 heteroatoms. The first kappa shape index (κ1) is 19.5. The minimum Gasteiger partial charge on any atom is -0.350 e. The number of halogens is 1. The highest BCUT2D eigenvalue weighted by atomic mass is 35.5. The standard InChI is InChI=1S/C21H21ClN2O2S/c1-4-13(2)23-20(25)15-9-10-18-17(11-15)24(3)21(26)19(27-18)12-14-7-5-6-8-16(14)22/h5-13H,4H2,1-3H3,(H,23,25)/b19-12-/t13-/m0/s1. The summed E-state index contributed by atoms with van der Waals surface area (Å²) in [5.74, 6) is -0.248. The van der Waals surface area contributed by atoms with Crippen LogP contribution < -0.4 is 10.2 Å². The van der Waals surface area contributed by atoms with Crippen molar-refractivity contribution in [3.05, 3.63) is 63.5 Å². The van der Waals surface area contributed by atoms with Crippen molar-refractivity contribution in [2.24, 2.45) is 0 Å². The first-order valence-corrected chi connectivity index (χ1v) is 9.97. The SMILES string of the molecule is CC[C@H](C)NC(=O)c1ccc2c(c1)N(C)C(=O)/C(=C/c1ccccc1Cl)S2. The molecule has 2 amide bonds. The van der Waals surface area contributed by atoms with E-state index < -0.39 is 0 Å². The molecule has 27 heavy (non-hydrogen) atoms. The Bertz CT molecular complexity index is 926. The van der Waals surface area contributed by atoms with E-state index in [0.717, 1.165) is 22.6 Å². The predicted molar refractivity (Wildman–Crippen MR) is 112 cm³/mol. The Labute approximate surface area is 168 Å². The number of thioether (sulfide) groups is 1. The molecule has 1 heterocycles. The van der Waals surface area contributed by atoms with Crippen molar-refractivity contribution in [3.8, 4) is 0 Å². The van der Waals surface area contributed by atoms with Crippen molar-refractivity contribution in [2.45, 2.75) is 31.2 Å². The predicted octanol–water partition coefficient (Wildman–Crippen LogP) is 4.98. The van der Waals surface area contributed by atoms with Crippen molar-refractivity contribution in [2.75, 3.05) is 11.9 Å². The second-order valence-corrected chi connectivity index (χ2v) is 7.95. The summed E-state index contributed by atoms with van der Waals surface area (Å²) in [6.45, 7) is 3.99. The molecule has 3 rings (SSSR count). The molecule has 1 atom stereocenters. The van der Waals surface area contributed by atoms with Crippen molar-refractivity contribution < 1.29 is 9.59 Å². The van der Waals surface area contributed by atoms with Gasteiger partial charge in [0, 0.05) is 28.6 Å². The summed E-state index contributed by atoms with van der Waals surface area (Å²) < 4.78 is 0. The van der Waals surface area contributed by atoms with Crippen LogP contribution in [0, 0.1) is 0 Å². The lowest BCUT2D eigenvalue weighted by Crippen LogP contribution is -2.33. The van der Waals surface area contributed by atoms with Crippen molar-refractivity contribution in [1.82, 2.24) is 5.32 Å². The molecule has 0 saturated heterocycles. The summed E-state index contributed by atoms with van der Waals surface area (Å²) >= 11 is 7.60. The average Bonchev–Trinajstić information content (AvgIpc) is 2.67. The number of carbonyl (C=O) groups excluding carboxylic acids is 2. The lowest BCUT2D eigenvalue weighted by molar-refractivity contribution is -0.114. The third-order valence-electron chi connectivity index (χ3n) is 4.50. The highest BCUT2D eigenvalue weighted by Gasteiger charge is 2.27. The number of anilines is 1. The zero-order chi connectivity index (χ0) is 19.6. The Kier molecular flexibility index (Phi) is 5.92. The molecule has 0 bridgehead atoms. The molecule has 1 aliphatic rings. The van der Waals surface area contributed by atoms with Crippen LogP contribution in [-0.4, -0.2) is 24.9 Å². The number of likely N-dealkylation sites (N-methyl/N-ethyl adjacent to an activating group) is 1. The van der Waals surface area contributed by atoms with E-state index in [0.29, 0.717) is 15.5 Å². The Hall–Kier alpha value is -2.24. The maximum atomic E-state index is 12.8. The smallest absolute Gasteiger partial charge is 0.264 e. The molecule has 0 spiro atoms. The van der Waals surface area contributed by atoms with Gasteiger partial charge in [0.1, 0.15) is 0 Å². The van der Waals surface area contributed by atoms with E-state index in [9.17, 15) is 9.59 Å². The van der Waals surface area contributed by atoms with Gasteiger partial charge >= 0.3 is 0 Å². The molecule has 1 N–H and O–H groups in total. The van der Waals surface area contributed by atoms with E-state index >= 15 is 0 Å². The Morgan fingerprint density at radius 1 is 1.30 bits per heavy atom. The van der Waals surface area contributed by atoms with Crippen LogP contribution in [0.4, 0.5) is 5.69 Å². The van der Waals surface area contributed by atoms with Crippen LogP contribution in [0.5, 0.6) is 0 Å². The Balaban J connectivity index is 1.91. The number of fused-ring (bicyclic) bond motifs is 1. The number of hydrogen-bond donors (Lipinski definition) is 1. The second kappa shape index (κ2) is 8.19. The second-order valence-electron chi connectivity index (χ2n) is 6.46. The van der Waals surface area contributed by atoms with E-state index in [-0.39, 0.29) is 17.9 Å². The van der Waals surface area contributed by atoms with Crippen LogP contribution in [0.15, 0.2) is 52.3 Å². The fourth-order valence-electron chi connectivity index (χ4n) is 2.68. The number of hydrogen-bond acceptors (Lipinski definition) is 3. The maximum Gasteiger partial charge on any atom is 0.264 e. The van der Waals surface area contributed by atoms with Gasteiger partial charge < -0.3 is 10.2 Å². The van der Waals surface area contributed by atoms with E-state index in [4.69, 9.17) is 11.6 Å². The van der Waals surface area contributed by atoms with E-state index in [1.54, 1.807) is 36.2 Å². The van der Waals surface area contributed by atoms with Gasteiger partial charge in [-0.25, -0.2) is 0 Å². The normalized spacial score (nSPS) is 16.2. The molecule has 140 valence electrons.